The lowest BCUT2D eigenvalue weighted by Crippen LogP contribution is -2.47. The summed E-state index contributed by atoms with van der Waals surface area (Å²) >= 11 is 0. The molecule has 2 aromatic carbocycles. The summed E-state index contributed by atoms with van der Waals surface area (Å²) in [4.78, 5) is 11.7. The van der Waals surface area contributed by atoms with Crippen LogP contribution < -0.4 is 9.80 Å². The third-order valence-electron chi connectivity index (χ3n) is 4.59. The molecule has 1 aliphatic rings. The second-order valence-electron chi connectivity index (χ2n) is 6.33. The van der Waals surface area contributed by atoms with E-state index in [1.54, 1.807) is 35.2 Å². The number of halogens is 4. The Morgan fingerprint density at radius 3 is 1.89 bits per heavy atom. The van der Waals surface area contributed by atoms with E-state index in [0.29, 0.717) is 31.7 Å². The molecule has 0 N–H and O–H groups in total. The number of aromatic nitrogens is 2. The van der Waals surface area contributed by atoms with Gasteiger partial charge in [-0.05, 0) is 36.4 Å². The van der Waals surface area contributed by atoms with E-state index in [9.17, 15) is 17.6 Å². The molecule has 0 aliphatic carbocycles. The van der Waals surface area contributed by atoms with Gasteiger partial charge >= 0.3 is 6.18 Å². The Labute approximate surface area is 153 Å². The number of piperazine rings is 1. The van der Waals surface area contributed by atoms with Crippen molar-refractivity contribution in [1.29, 1.82) is 0 Å². The Kier molecular flexibility index (Phi) is 4.33. The van der Waals surface area contributed by atoms with Gasteiger partial charge in [-0.2, -0.15) is 13.2 Å². The van der Waals surface area contributed by atoms with E-state index in [0.717, 1.165) is 5.69 Å². The van der Waals surface area contributed by atoms with Crippen molar-refractivity contribution >= 4 is 22.5 Å². The zero-order chi connectivity index (χ0) is 19.0. The fourth-order valence-electron chi connectivity index (χ4n) is 3.23. The normalized spacial score (nSPS) is 15.4. The summed E-state index contributed by atoms with van der Waals surface area (Å²) in [5.74, 6) is -0.460. The fraction of sp³-hybridized carbons (Fsp3) is 0.263. The first kappa shape index (κ1) is 17.5. The number of alkyl halides is 3. The predicted octanol–water partition coefficient (Wildman–Crippen LogP) is 4.11. The highest BCUT2D eigenvalue weighted by atomic mass is 19.4. The first-order valence-electron chi connectivity index (χ1n) is 8.51. The number of para-hydroxylation sites is 2. The van der Waals surface area contributed by atoms with Crippen LogP contribution in [0.25, 0.3) is 11.0 Å². The van der Waals surface area contributed by atoms with Gasteiger partial charge < -0.3 is 9.80 Å². The molecule has 8 heteroatoms. The molecule has 0 amide bonds. The molecule has 1 fully saturated rings. The van der Waals surface area contributed by atoms with Gasteiger partial charge in [-0.25, -0.2) is 14.4 Å². The summed E-state index contributed by atoms with van der Waals surface area (Å²) in [6.45, 7) is 1.76. The topological polar surface area (TPSA) is 32.3 Å². The smallest absolute Gasteiger partial charge is 0.368 e. The molecule has 4 nitrogen and oxygen atoms in total. The summed E-state index contributed by atoms with van der Waals surface area (Å²) in [5.41, 5.74) is 0.535. The van der Waals surface area contributed by atoms with E-state index in [1.165, 1.54) is 18.2 Å². The number of rotatable bonds is 2. The van der Waals surface area contributed by atoms with Gasteiger partial charge in [0, 0.05) is 31.9 Å². The molecule has 0 radical (unpaired) electrons. The monoisotopic (exact) mass is 376 g/mol. The van der Waals surface area contributed by atoms with Crippen molar-refractivity contribution in [3.05, 3.63) is 60.0 Å². The van der Waals surface area contributed by atoms with E-state index in [-0.39, 0.29) is 17.2 Å². The first-order chi connectivity index (χ1) is 12.9. The van der Waals surface area contributed by atoms with Crippen LogP contribution in [0.4, 0.5) is 29.1 Å². The molecular formula is C19H16F4N4. The molecule has 1 aliphatic heterocycles. The maximum absolute atomic E-state index is 13.5. The van der Waals surface area contributed by atoms with Crippen molar-refractivity contribution in [3.8, 4) is 0 Å². The molecule has 27 heavy (non-hydrogen) atoms. The summed E-state index contributed by atoms with van der Waals surface area (Å²) in [5, 5.41) is 0. The number of fused-ring (bicyclic) bond motifs is 1. The molecule has 0 unspecified atom stereocenters. The van der Waals surface area contributed by atoms with Gasteiger partial charge in [-0.3, -0.25) is 0 Å². The van der Waals surface area contributed by atoms with Crippen LogP contribution in [0.2, 0.25) is 0 Å². The van der Waals surface area contributed by atoms with E-state index in [1.807, 2.05) is 4.90 Å². The van der Waals surface area contributed by atoms with E-state index >= 15 is 0 Å². The average molecular weight is 376 g/mol. The van der Waals surface area contributed by atoms with Crippen LogP contribution in [0.1, 0.15) is 5.69 Å². The minimum atomic E-state index is -4.58. The molecule has 140 valence electrons. The SMILES string of the molecule is Fc1ccc(N2CCN(c3nc4ccccc4nc3C(F)(F)F)CC2)cc1. The summed E-state index contributed by atoms with van der Waals surface area (Å²) in [6.07, 6.45) is -4.58. The Morgan fingerprint density at radius 1 is 0.741 bits per heavy atom. The number of hydrogen-bond donors (Lipinski definition) is 0. The van der Waals surface area contributed by atoms with Crippen LogP contribution in [0, 0.1) is 5.82 Å². The van der Waals surface area contributed by atoms with Gasteiger partial charge in [0.05, 0.1) is 11.0 Å². The van der Waals surface area contributed by atoms with Crippen LogP contribution in [0.15, 0.2) is 48.5 Å². The number of benzene rings is 2. The first-order valence-corrected chi connectivity index (χ1v) is 8.51. The van der Waals surface area contributed by atoms with Crippen molar-refractivity contribution in [2.75, 3.05) is 36.0 Å². The minimum Gasteiger partial charge on any atom is -0.368 e. The zero-order valence-corrected chi connectivity index (χ0v) is 14.2. The molecule has 3 aromatic rings. The minimum absolute atomic E-state index is 0.139. The van der Waals surface area contributed by atoms with Gasteiger partial charge in [-0.15, -0.1) is 0 Å². The maximum atomic E-state index is 13.5. The van der Waals surface area contributed by atoms with Crippen molar-refractivity contribution in [3.63, 3.8) is 0 Å². The van der Waals surface area contributed by atoms with Crippen molar-refractivity contribution < 1.29 is 17.6 Å². The molecule has 4 rings (SSSR count). The highest BCUT2D eigenvalue weighted by molar-refractivity contribution is 5.76. The van der Waals surface area contributed by atoms with Gasteiger partial charge in [-0.1, -0.05) is 12.1 Å². The second kappa shape index (κ2) is 6.68. The Hall–Kier alpha value is -2.90. The molecule has 1 saturated heterocycles. The van der Waals surface area contributed by atoms with Crippen LogP contribution in [-0.2, 0) is 6.18 Å². The van der Waals surface area contributed by atoms with Gasteiger partial charge in [0.25, 0.3) is 0 Å². The van der Waals surface area contributed by atoms with Gasteiger partial charge in [0.1, 0.15) is 5.82 Å². The number of nitrogens with zero attached hydrogens (tertiary/aromatic N) is 4. The molecule has 1 aromatic heterocycles. The summed E-state index contributed by atoms with van der Waals surface area (Å²) in [6, 6.07) is 12.6. The number of hydrogen-bond acceptors (Lipinski definition) is 4. The lowest BCUT2D eigenvalue weighted by Gasteiger charge is -2.37. The third kappa shape index (κ3) is 3.51. The third-order valence-corrected chi connectivity index (χ3v) is 4.59. The Morgan fingerprint density at radius 2 is 1.30 bits per heavy atom. The van der Waals surface area contributed by atoms with Crippen LogP contribution in [-0.4, -0.2) is 36.1 Å². The van der Waals surface area contributed by atoms with Crippen LogP contribution >= 0.6 is 0 Å². The molecule has 0 bridgehead atoms. The standard InChI is InChI=1S/C19H16F4N4/c20-13-5-7-14(8-6-13)26-9-11-27(12-10-26)18-17(19(21,22)23)24-15-3-1-2-4-16(15)25-18/h1-8H,9-12H2. The Bertz CT molecular complexity index is 948. The molecule has 0 spiro atoms. The van der Waals surface area contributed by atoms with Gasteiger partial charge in [0.15, 0.2) is 11.5 Å². The van der Waals surface area contributed by atoms with E-state index < -0.39 is 11.9 Å². The van der Waals surface area contributed by atoms with Crippen LogP contribution in [0.5, 0.6) is 0 Å². The predicted molar refractivity (Wildman–Crippen MR) is 95.4 cm³/mol. The van der Waals surface area contributed by atoms with E-state index in [4.69, 9.17) is 0 Å². The summed E-state index contributed by atoms with van der Waals surface area (Å²) in [7, 11) is 0. The van der Waals surface area contributed by atoms with Crippen molar-refractivity contribution in [2.24, 2.45) is 0 Å². The zero-order valence-electron chi connectivity index (χ0n) is 14.2. The maximum Gasteiger partial charge on any atom is 0.437 e. The summed E-state index contributed by atoms with van der Waals surface area (Å²) < 4.78 is 53.7. The molecule has 0 atom stereocenters. The fourth-order valence-corrected chi connectivity index (χ4v) is 3.23. The largest absolute Gasteiger partial charge is 0.437 e. The van der Waals surface area contributed by atoms with E-state index in [2.05, 4.69) is 9.97 Å². The highest BCUT2D eigenvalue weighted by Gasteiger charge is 2.39. The second-order valence-corrected chi connectivity index (χ2v) is 6.33. The lowest BCUT2D eigenvalue weighted by molar-refractivity contribution is -0.140. The Balaban J connectivity index is 1.62. The highest BCUT2D eigenvalue weighted by Crippen LogP contribution is 2.35. The average Bonchev–Trinajstić information content (AvgIpc) is 2.67. The quantitative estimate of drug-likeness (QED) is 0.630. The van der Waals surface area contributed by atoms with Crippen LogP contribution in [0.3, 0.4) is 0 Å². The van der Waals surface area contributed by atoms with Crippen molar-refractivity contribution in [1.82, 2.24) is 9.97 Å². The molecular weight excluding hydrogens is 360 g/mol. The van der Waals surface area contributed by atoms with Crippen molar-refractivity contribution in [2.45, 2.75) is 6.18 Å². The molecule has 2 heterocycles. The lowest BCUT2D eigenvalue weighted by atomic mass is 10.2. The molecule has 0 saturated carbocycles. The number of anilines is 2. The van der Waals surface area contributed by atoms with Gasteiger partial charge in [0.2, 0.25) is 0 Å².